The molecule has 0 atom stereocenters. The van der Waals surface area contributed by atoms with E-state index in [2.05, 4.69) is 15.3 Å². The zero-order chi connectivity index (χ0) is 13.0. The van der Waals surface area contributed by atoms with E-state index < -0.39 is 0 Å². The molecule has 1 aliphatic rings. The molecule has 0 radical (unpaired) electrons. The average molecular weight is 272 g/mol. The summed E-state index contributed by atoms with van der Waals surface area (Å²) in [6.07, 6.45) is 1.75. The van der Waals surface area contributed by atoms with Gasteiger partial charge in [-0.15, -0.1) is 11.6 Å². The number of aromatic nitrogens is 2. The van der Waals surface area contributed by atoms with Gasteiger partial charge in [0.25, 0.3) is 0 Å². The van der Waals surface area contributed by atoms with Crippen molar-refractivity contribution in [3.05, 3.63) is 11.9 Å². The standard InChI is InChI=1S/C12H18ClN3O2/c1-9-14-10(7-11(15-9)17-2)16-12(8-13)3-5-18-6-4-12/h7H,3-6,8H2,1-2H3,(H,14,15,16). The van der Waals surface area contributed by atoms with E-state index in [0.717, 1.165) is 31.9 Å². The van der Waals surface area contributed by atoms with Crippen molar-refractivity contribution in [2.75, 3.05) is 31.5 Å². The Labute approximate surface area is 112 Å². The number of ether oxygens (including phenoxy) is 2. The van der Waals surface area contributed by atoms with Crippen LogP contribution in [-0.2, 0) is 4.74 Å². The Morgan fingerprint density at radius 3 is 2.78 bits per heavy atom. The van der Waals surface area contributed by atoms with E-state index in [1.165, 1.54) is 0 Å². The van der Waals surface area contributed by atoms with E-state index in [-0.39, 0.29) is 5.54 Å². The van der Waals surface area contributed by atoms with Gasteiger partial charge in [-0.3, -0.25) is 0 Å². The minimum Gasteiger partial charge on any atom is -0.481 e. The molecule has 0 aliphatic carbocycles. The third-order valence-corrected chi connectivity index (χ3v) is 3.63. The maximum atomic E-state index is 6.11. The molecule has 18 heavy (non-hydrogen) atoms. The van der Waals surface area contributed by atoms with Crippen molar-refractivity contribution in [3.63, 3.8) is 0 Å². The van der Waals surface area contributed by atoms with Gasteiger partial charge in [0.1, 0.15) is 11.6 Å². The van der Waals surface area contributed by atoms with Crippen LogP contribution in [0.15, 0.2) is 6.07 Å². The molecule has 1 aromatic heterocycles. The zero-order valence-electron chi connectivity index (χ0n) is 10.7. The summed E-state index contributed by atoms with van der Waals surface area (Å²) in [5.74, 6) is 2.51. The summed E-state index contributed by atoms with van der Waals surface area (Å²) >= 11 is 6.11. The van der Waals surface area contributed by atoms with Gasteiger partial charge in [-0.25, -0.2) is 4.98 Å². The summed E-state index contributed by atoms with van der Waals surface area (Å²) in [5.41, 5.74) is -0.147. The minimum atomic E-state index is -0.147. The van der Waals surface area contributed by atoms with Gasteiger partial charge in [-0.1, -0.05) is 0 Å². The van der Waals surface area contributed by atoms with Crippen molar-refractivity contribution in [2.24, 2.45) is 0 Å². The summed E-state index contributed by atoms with van der Waals surface area (Å²) in [7, 11) is 1.59. The number of aryl methyl sites for hydroxylation is 1. The summed E-state index contributed by atoms with van der Waals surface area (Å²) in [6.45, 7) is 3.28. The Morgan fingerprint density at radius 2 is 2.17 bits per heavy atom. The molecule has 1 saturated heterocycles. The van der Waals surface area contributed by atoms with Crippen LogP contribution in [0.5, 0.6) is 5.88 Å². The Kier molecular flexibility index (Phi) is 4.24. The molecular formula is C12H18ClN3O2. The van der Waals surface area contributed by atoms with Crippen molar-refractivity contribution >= 4 is 17.4 Å². The molecule has 0 saturated carbocycles. The molecule has 1 aromatic rings. The van der Waals surface area contributed by atoms with Gasteiger partial charge in [-0.2, -0.15) is 4.98 Å². The van der Waals surface area contributed by atoms with E-state index in [4.69, 9.17) is 21.1 Å². The van der Waals surface area contributed by atoms with Gasteiger partial charge in [0.15, 0.2) is 0 Å². The lowest BCUT2D eigenvalue weighted by Crippen LogP contribution is -2.45. The second kappa shape index (κ2) is 5.71. The van der Waals surface area contributed by atoms with Crippen LogP contribution >= 0.6 is 11.6 Å². The predicted octanol–water partition coefficient (Wildman–Crippen LogP) is 1.99. The van der Waals surface area contributed by atoms with Crippen molar-refractivity contribution in [1.29, 1.82) is 0 Å². The first kappa shape index (κ1) is 13.4. The highest BCUT2D eigenvalue weighted by Crippen LogP contribution is 2.27. The number of hydrogen-bond acceptors (Lipinski definition) is 5. The Morgan fingerprint density at radius 1 is 1.44 bits per heavy atom. The molecule has 100 valence electrons. The lowest BCUT2D eigenvalue weighted by Gasteiger charge is -2.36. The van der Waals surface area contributed by atoms with Crippen LogP contribution in [0.4, 0.5) is 5.82 Å². The molecule has 0 amide bonds. The monoisotopic (exact) mass is 271 g/mol. The first-order chi connectivity index (χ1) is 8.67. The fourth-order valence-electron chi connectivity index (χ4n) is 2.03. The fraction of sp³-hybridized carbons (Fsp3) is 0.667. The van der Waals surface area contributed by atoms with Crippen molar-refractivity contribution < 1.29 is 9.47 Å². The molecule has 2 rings (SSSR count). The Balaban J connectivity index is 2.18. The molecule has 0 spiro atoms. The van der Waals surface area contributed by atoms with E-state index >= 15 is 0 Å². The minimum absolute atomic E-state index is 0.147. The van der Waals surface area contributed by atoms with Gasteiger partial charge in [-0.05, 0) is 19.8 Å². The number of rotatable bonds is 4. The van der Waals surface area contributed by atoms with Crippen LogP contribution in [-0.4, -0.2) is 41.7 Å². The number of anilines is 1. The maximum absolute atomic E-state index is 6.11. The average Bonchev–Trinajstić information content (AvgIpc) is 2.39. The third-order valence-electron chi connectivity index (χ3n) is 3.12. The maximum Gasteiger partial charge on any atom is 0.218 e. The number of hydrogen-bond donors (Lipinski definition) is 1. The molecule has 5 nitrogen and oxygen atoms in total. The molecule has 1 aliphatic heterocycles. The van der Waals surface area contributed by atoms with Crippen LogP contribution < -0.4 is 10.1 Å². The van der Waals surface area contributed by atoms with E-state index in [1.807, 2.05) is 6.92 Å². The highest BCUT2D eigenvalue weighted by molar-refractivity contribution is 6.18. The lowest BCUT2D eigenvalue weighted by atomic mass is 9.92. The highest BCUT2D eigenvalue weighted by atomic mass is 35.5. The summed E-state index contributed by atoms with van der Waals surface area (Å²) in [5, 5.41) is 3.42. The molecule has 0 bridgehead atoms. The van der Waals surface area contributed by atoms with Crippen molar-refractivity contribution in [2.45, 2.75) is 25.3 Å². The SMILES string of the molecule is COc1cc(NC2(CCl)CCOCC2)nc(C)n1. The number of nitrogens with one attached hydrogen (secondary N) is 1. The highest BCUT2D eigenvalue weighted by Gasteiger charge is 2.32. The van der Waals surface area contributed by atoms with Gasteiger partial charge >= 0.3 is 0 Å². The molecular weight excluding hydrogens is 254 g/mol. The van der Waals surface area contributed by atoms with E-state index in [1.54, 1.807) is 13.2 Å². The van der Waals surface area contributed by atoms with Gasteiger partial charge in [0.05, 0.1) is 12.6 Å². The second-order valence-electron chi connectivity index (χ2n) is 4.49. The number of alkyl halides is 1. The predicted molar refractivity (Wildman–Crippen MR) is 70.4 cm³/mol. The van der Waals surface area contributed by atoms with Gasteiger partial charge in [0, 0.05) is 25.2 Å². The Hall–Kier alpha value is -1.07. The van der Waals surface area contributed by atoms with Gasteiger partial charge < -0.3 is 14.8 Å². The summed E-state index contributed by atoms with van der Waals surface area (Å²) < 4.78 is 10.5. The first-order valence-corrected chi connectivity index (χ1v) is 6.52. The molecule has 1 N–H and O–H groups in total. The number of halogens is 1. The van der Waals surface area contributed by atoms with Crippen LogP contribution in [0, 0.1) is 6.92 Å². The van der Waals surface area contributed by atoms with Crippen LogP contribution in [0.2, 0.25) is 0 Å². The van der Waals surface area contributed by atoms with Crippen molar-refractivity contribution in [1.82, 2.24) is 9.97 Å². The summed E-state index contributed by atoms with van der Waals surface area (Å²) in [6, 6.07) is 1.79. The number of methoxy groups -OCH3 is 1. The molecule has 0 unspecified atom stereocenters. The third kappa shape index (κ3) is 3.03. The van der Waals surface area contributed by atoms with Crippen LogP contribution in [0.1, 0.15) is 18.7 Å². The lowest BCUT2D eigenvalue weighted by molar-refractivity contribution is 0.0666. The Bertz CT molecular complexity index is 408. The van der Waals surface area contributed by atoms with Crippen molar-refractivity contribution in [3.8, 4) is 5.88 Å². The van der Waals surface area contributed by atoms with E-state index in [0.29, 0.717) is 17.6 Å². The van der Waals surface area contributed by atoms with Crippen LogP contribution in [0.25, 0.3) is 0 Å². The topological polar surface area (TPSA) is 56.3 Å². The largest absolute Gasteiger partial charge is 0.481 e. The normalized spacial score (nSPS) is 18.4. The smallest absolute Gasteiger partial charge is 0.218 e. The molecule has 6 heteroatoms. The fourth-order valence-corrected chi connectivity index (χ4v) is 2.37. The quantitative estimate of drug-likeness (QED) is 0.849. The van der Waals surface area contributed by atoms with E-state index in [9.17, 15) is 0 Å². The van der Waals surface area contributed by atoms with Crippen LogP contribution in [0.3, 0.4) is 0 Å². The first-order valence-electron chi connectivity index (χ1n) is 5.99. The molecule has 2 heterocycles. The van der Waals surface area contributed by atoms with Gasteiger partial charge in [0.2, 0.25) is 5.88 Å². The zero-order valence-corrected chi connectivity index (χ0v) is 11.5. The second-order valence-corrected chi connectivity index (χ2v) is 4.76. The molecule has 1 fully saturated rings. The summed E-state index contributed by atoms with van der Waals surface area (Å²) in [4.78, 5) is 8.53. The number of nitrogens with zero attached hydrogens (tertiary/aromatic N) is 2. The molecule has 0 aromatic carbocycles.